The number of ether oxygens (including phenoxy) is 1. The molecule has 1 N–H and O–H groups in total. The minimum absolute atomic E-state index is 0.0635. The fourth-order valence-corrected chi connectivity index (χ4v) is 3.71. The Hall–Kier alpha value is -2.81. The average Bonchev–Trinajstić information content (AvgIpc) is 2.67. The predicted octanol–water partition coefficient (Wildman–Crippen LogP) is 4.66. The summed E-state index contributed by atoms with van der Waals surface area (Å²) in [6.45, 7) is 0. The van der Waals surface area contributed by atoms with Crippen LogP contribution in [0.4, 0.5) is 0 Å². The third kappa shape index (κ3) is 2.98. The zero-order chi connectivity index (χ0) is 17.2. The van der Waals surface area contributed by atoms with Gasteiger partial charge in [0.25, 0.3) is 5.91 Å². The lowest BCUT2D eigenvalue weighted by atomic mass is 9.87. The zero-order valence-electron chi connectivity index (χ0n) is 14.3. The van der Waals surface area contributed by atoms with Crippen LogP contribution in [0, 0.1) is 0 Å². The van der Waals surface area contributed by atoms with Gasteiger partial charge >= 0.3 is 0 Å². The van der Waals surface area contributed by atoms with E-state index in [2.05, 4.69) is 23.5 Å². The smallest absolute Gasteiger partial charge is 0.255 e. The summed E-state index contributed by atoms with van der Waals surface area (Å²) < 4.78 is 5.47. The van der Waals surface area contributed by atoms with Crippen molar-refractivity contribution in [1.29, 1.82) is 0 Å². The molecule has 1 unspecified atom stereocenters. The molecule has 0 aromatic heterocycles. The van der Waals surface area contributed by atoms with Gasteiger partial charge in [-0.1, -0.05) is 48.5 Å². The van der Waals surface area contributed by atoms with Crippen LogP contribution in [0.2, 0.25) is 0 Å². The second-order valence-corrected chi connectivity index (χ2v) is 6.52. The first-order valence-corrected chi connectivity index (χ1v) is 8.72. The molecule has 3 aromatic carbocycles. The van der Waals surface area contributed by atoms with Gasteiger partial charge in [0.15, 0.2) is 0 Å². The molecule has 0 fully saturated rings. The van der Waals surface area contributed by atoms with Crippen molar-refractivity contribution >= 4 is 16.7 Å². The van der Waals surface area contributed by atoms with Crippen LogP contribution >= 0.6 is 0 Å². The number of fused-ring (bicyclic) bond motifs is 2. The zero-order valence-corrected chi connectivity index (χ0v) is 14.3. The molecule has 1 aliphatic carbocycles. The van der Waals surface area contributed by atoms with Gasteiger partial charge in [0, 0.05) is 0 Å². The Morgan fingerprint density at radius 3 is 2.56 bits per heavy atom. The second kappa shape index (κ2) is 6.60. The van der Waals surface area contributed by atoms with Crippen LogP contribution in [-0.2, 0) is 6.42 Å². The largest absolute Gasteiger partial charge is 0.496 e. The molecule has 25 heavy (non-hydrogen) atoms. The van der Waals surface area contributed by atoms with E-state index in [1.54, 1.807) is 7.11 Å². The van der Waals surface area contributed by atoms with Crippen LogP contribution in [0.3, 0.4) is 0 Å². The molecular weight excluding hydrogens is 310 g/mol. The minimum Gasteiger partial charge on any atom is -0.496 e. The molecule has 3 heteroatoms. The molecular formula is C22H21NO2. The molecule has 126 valence electrons. The van der Waals surface area contributed by atoms with Crippen LogP contribution in [0.5, 0.6) is 5.75 Å². The number of hydrogen-bond donors (Lipinski definition) is 1. The molecule has 1 atom stereocenters. The Balaban J connectivity index is 1.67. The van der Waals surface area contributed by atoms with E-state index in [-0.39, 0.29) is 11.9 Å². The fourth-order valence-electron chi connectivity index (χ4n) is 3.71. The highest BCUT2D eigenvalue weighted by molar-refractivity contribution is 6.01. The monoisotopic (exact) mass is 331 g/mol. The molecule has 1 amide bonds. The molecule has 3 aromatic rings. The third-order valence-electron chi connectivity index (χ3n) is 4.99. The molecule has 0 heterocycles. The van der Waals surface area contributed by atoms with Gasteiger partial charge in [0.05, 0.1) is 18.7 Å². The standard InChI is InChI=1S/C22H21NO2/c1-25-21-14-17-9-3-2-8-16(17)13-19(21)22(24)23-20-12-6-10-15-7-4-5-11-18(15)20/h2-5,7-9,11,13-14,20H,6,10,12H2,1H3,(H,23,24). The number of carbonyl (C=O) groups is 1. The Kier molecular flexibility index (Phi) is 4.14. The first kappa shape index (κ1) is 15.7. The Morgan fingerprint density at radius 1 is 1.04 bits per heavy atom. The molecule has 0 aliphatic heterocycles. The van der Waals surface area contributed by atoms with Gasteiger partial charge < -0.3 is 10.1 Å². The number of hydrogen-bond acceptors (Lipinski definition) is 2. The summed E-state index contributed by atoms with van der Waals surface area (Å²) >= 11 is 0. The van der Waals surface area contributed by atoms with E-state index in [4.69, 9.17) is 4.74 Å². The van der Waals surface area contributed by atoms with Crippen LogP contribution in [-0.4, -0.2) is 13.0 Å². The highest BCUT2D eigenvalue weighted by Crippen LogP contribution is 2.31. The molecule has 1 aliphatic rings. The SMILES string of the molecule is COc1cc2ccccc2cc1C(=O)NC1CCCc2ccccc21. The third-order valence-corrected chi connectivity index (χ3v) is 4.99. The van der Waals surface area contributed by atoms with Crippen LogP contribution in [0.1, 0.15) is 40.4 Å². The van der Waals surface area contributed by atoms with E-state index in [9.17, 15) is 4.79 Å². The van der Waals surface area contributed by atoms with E-state index in [1.165, 1.54) is 11.1 Å². The lowest BCUT2D eigenvalue weighted by Crippen LogP contribution is -2.31. The summed E-state index contributed by atoms with van der Waals surface area (Å²) in [4.78, 5) is 13.0. The van der Waals surface area contributed by atoms with Crippen molar-refractivity contribution in [3.63, 3.8) is 0 Å². The Bertz CT molecular complexity index is 932. The summed E-state index contributed by atoms with van der Waals surface area (Å²) in [6.07, 6.45) is 3.15. The van der Waals surface area contributed by atoms with E-state index < -0.39 is 0 Å². The first-order valence-electron chi connectivity index (χ1n) is 8.72. The van der Waals surface area contributed by atoms with E-state index in [0.29, 0.717) is 11.3 Å². The number of nitrogens with one attached hydrogen (secondary N) is 1. The van der Waals surface area contributed by atoms with Crippen LogP contribution in [0.15, 0.2) is 60.7 Å². The quantitative estimate of drug-likeness (QED) is 0.758. The van der Waals surface area contributed by atoms with Crippen molar-refractivity contribution in [3.05, 3.63) is 77.4 Å². The van der Waals surface area contributed by atoms with Gasteiger partial charge in [-0.25, -0.2) is 0 Å². The topological polar surface area (TPSA) is 38.3 Å². The van der Waals surface area contributed by atoms with Crippen molar-refractivity contribution in [2.75, 3.05) is 7.11 Å². The Labute approximate surface area is 147 Å². The molecule has 0 saturated carbocycles. The molecule has 0 radical (unpaired) electrons. The van der Waals surface area contributed by atoms with E-state index >= 15 is 0 Å². The van der Waals surface area contributed by atoms with Crippen LogP contribution in [0.25, 0.3) is 10.8 Å². The van der Waals surface area contributed by atoms with Gasteiger partial charge in [-0.05, 0) is 53.3 Å². The number of benzene rings is 3. The number of rotatable bonds is 3. The molecule has 4 rings (SSSR count). The number of carbonyl (C=O) groups excluding carboxylic acids is 1. The summed E-state index contributed by atoms with van der Waals surface area (Å²) in [7, 11) is 1.61. The summed E-state index contributed by atoms with van der Waals surface area (Å²) in [5.74, 6) is 0.532. The molecule has 0 saturated heterocycles. The Morgan fingerprint density at radius 2 is 1.76 bits per heavy atom. The van der Waals surface area contributed by atoms with Crippen molar-refractivity contribution in [3.8, 4) is 5.75 Å². The van der Waals surface area contributed by atoms with Crippen LogP contribution < -0.4 is 10.1 Å². The fraction of sp³-hybridized carbons (Fsp3) is 0.227. The normalized spacial score (nSPS) is 16.3. The number of amides is 1. The summed E-state index contributed by atoms with van der Waals surface area (Å²) in [5.41, 5.74) is 3.16. The highest BCUT2D eigenvalue weighted by Gasteiger charge is 2.23. The summed E-state index contributed by atoms with van der Waals surface area (Å²) in [6, 6.07) is 20.3. The number of methoxy groups -OCH3 is 1. The van der Waals surface area contributed by atoms with Gasteiger partial charge in [-0.3, -0.25) is 4.79 Å². The van der Waals surface area contributed by atoms with E-state index in [1.807, 2.05) is 42.5 Å². The lowest BCUT2D eigenvalue weighted by Gasteiger charge is -2.26. The van der Waals surface area contributed by atoms with Crippen molar-refractivity contribution in [2.24, 2.45) is 0 Å². The highest BCUT2D eigenvalue weighted by atomic mass is 16.5. The average molecular weight is 331 g/mol. The summed E-state index contributed by atoms with van der Waals surface area (Å²) in [5, 5.41) is 5.32. The first-order chi connectivity index (χ1) is 12.3. The number of aryl methyl sites for hydroxylation is 1. The van der Waals surface area contributed by atoms with Gasteiger partial charge in [-0.2, -0.15) is 0 Å². The van der Waals surface area contributed by atoms with Gasteiger partial charge in [0.1, 0.15) is 5.75 Å². The van der Waals surface area contributed by atoms with Crippen molar-refractivity contribution in [2.45, 2.75) is 25.3 Å². The van der Waals surface area contributed by atoms with E-state index in [0.717, 1.165) is 30.0 Å². The minimum atomic E-state index is -0.0793. The van der Waals surface area contributed by atoms with Gasteiger partial charge in [0.2, 0.25) is 0 Å². The maximum absolute atomic E-state index is 13.0. The van der Waals surface area contributed by atoms with Crippen molar-refractivity contribution in [1.82, 2.24) is 5.32 Å². The molecule has 0 bridgehead atoms. The molecule has 0 spiro atoms. The maximum Gasteiger partial charge on any atom is 0.255 e. The second-order valence-electron chi connectivity index (χ2n) is 6.52. The van der Waals surface area contributed by atoms with Gasteiger partial charge in [-0.15, -0.1) is 0 Å². The maximum atomic E-state index is 13.0. The molecule has 3 nitrogen and oxygen atoms in total. The predicted molar refractivity (Wildman–Crippen MR) is 100 cm³/mol. The lowest BCUT2D eigenvalue weighted by molar-refractivity contribution is 0.0930. The van der Waals surface area contributed by atoms with Crippen molar-refractivity contribution < 1.29 is 9.53 Å².